The zero-order valence-corrected chi connectivity index (χ0v) is 15.3. The summed E-state index contributed by atoms with van der Waals surface area (Å²) in [5.41, 5.74) is 2.05. The van der Waals surface area contributed by atoms with Crippen LogP contribution in [0.15, 0.2) is 45.6 Å². The van der Waals surface area contributed by atoms with Crippen LogP contribution in [-0.4, -0.2) is 28.6 Å². The highest BCUT2D eigenvalue weighted by molar-refractivity contribution is 7.08. The minimum absolute atomic E-state index is 0.0706. The first kappa shape index (κ1) is 17.4. The lowest BCUT2D eigenvalue weighted by Crippen LogP contribution is -2.35. The molecule has 1 amide bonds. The fraction of sp³-hybridized carbons (Fsp3) is 0.263. The summed E-state index contributed by atoms with van der Waals surface area (Å²) in [5.74, 6) is 0.349. The van der Waals surface area contributed by atoms with Gasteiger partial charge in [-0.3, -0.25) is 4.79 Å². The first-order chi connectivity index (χ1) is 13.2. The molecule has 0 spiro atoms. The van der Waals surface area contributed by atoms with Gasteiger partial charge in [-0.25, -0.2) is 4.79 Å². The molecule has 138 valence electrons. The maximum atomic E-state index is 12.2. The van der Waals surface area contributed by atoms with E-state index in [1.165, 1.54) is 11.3 Å². The number of carbonyl (C=O) groups is 2. The Morgan fingerprint density at radius 3 is 2.81 bits per heavy atom. The maximum Gasteiger partial charge on any atom is 0.338 e. The van der Waals surface area contributed by atoms with E-state index in [1.54, 1.807) is 29.2 Å². The number of benzene rings is 1. The van der Waals surface area contributed by atoms with E-state index in [2.05, 4.69) is 10.1 Å². The zero-order chi connectivity index (χ0) is 18.6. The van der Waals surface area contributed by atoms with E-state index in [0.29, 0.717) is 30.2 Å². The fourth-order valence-electron chi connectivity index (χ4n) is 2.89. The molecule has 0 bridgehead atoms. The lowest BCUT2D eigenvalue weighted by Gasteiger charge is -2.26. The van der Waals surface area contributed by atoms with Crippen molar-refractivity contribution in [2.24, 2.45) is 0 Å². The summed E-state index contributed by atoms with van der Waals surface area (Å²) in [6.45, 7) is 0.645. The lowest BCUT2D eigenvalue weighted by atomic mass is 10.1. The quantitative estimate of drug-likeness (QED) is 0.625. The van der Waals surface area contributed by atoms with Crippen molar-refractivity contribution in [3.8, 4) is 11.5 Å². The van der Waals surface area contributed by atoms with Crippen molar-refractivity contribution in [2.45, 2.75) is 25.9 Å². The molecule has 7 nitrogen and oxygen atoms in total. The van der Waals surface area contributed by atoms with Crippen LogP contribution in [0.4, 0.5) is 5.69 Å². The standard InChI is InChI=1S/C19H17N3O4S/c23-17-3-1-2-9-22(17)15-6-4-13(5-7-15)19(24)25-11-16-20-18(26-21-16)14-8-10-27-12-14/h4-8,10,12H,1-3,9,11H2. The topological polar surface area (TPSA) is 85.5 Å². The number of aromatic nitrogens is 2. The minimum atomic E-state index is -0.478. The Morgan fingerprint density at radius 2 is 2.07 bits per heavy atom. The molecule has 1 fully saturated rings. The summed E-state index contributed by atoms with van der Waals surface area (Å²) in [6.07, 6.45) is 2.50. The van der Waals surface area contributed by atoms with Gasteiger partial charge in [0.05, 0.1) is 11.1 Å². The summed E-state index contributed by atoms with van der Waals surface area (Å²) in [7, 11) is 0. The Labute approximate surface area is 159 Å². The zero-order valence-electron chi connectivity index (χ0n) is 14.5. The molecule has 1 aromatic carbocycles. The molecule has 8 heteroatoms. The average Bonchev–Trinajstić information content (AvgIpc) is 3.38. The molecular formula is C19H17N3O4S. The van der Waals surface area contributed by atoms with Gasteiger partial charge in [0.25, 0.3) is 5.89 Å². The Kier molecular flexibility index (Phi) is 4.97. The monoisotopic (exact) mass is 383 g/mol. The first-order valence-corrected chi connectivity index (χ1v) is 9.58. The predicted octanol–water partition coefficient (Wildman–Crippen LogP) is 3.67. The molecular weight excluding hydrogens is 366 g/mol. The van der Waals surface area contributed by atoms with E-state index in [-0.39, 0.29) is 12.5 Å². The number of amides is 1. The Hall–Kier alpha value is -3.00. The van der Waals surface area contributed by atoms with Crippen molar-refractivity contribution in [1.29, 1.82) is 0 Å². The van der Waals surface area contributed by atoms with Crippen molar-refractivity contribution in [3.05, 3.63) is 52.5 Å². The summed E-state index contributed by atoms with van der Waals surface area (Å²) < 4.78 is 10.4. The molecule has 0 unspecified atom stereocenters. The Morgan fingerprint density at radius 1 is 1.22 bits per heavy atom. The molecule has 3 aromatic rings. The van der Waals surface area contributed by atoms with Gasteiger partial charge in [-0.05, 0) is 48.6 Å². The highest BCUT2D eigenvalue weighted by atomic mass is 32.1. The first-order valence-electron chi connectivity index (χ1n) is 8.63. The molecule has 0 N–H and O–H groups in total. The fourth-order valence-corrected chi connectivity index (χ4v) is 3.52. The number of hydrogen-bond donors (Lipinski definition) is 0. The number of ether oxygens (including phenoxy) is 1. The number of nitrogens with zero attached hydrogens (tertiary/aromatic N) is 3. The summed E-state index contributed by atoms with van der Waals surface area (Å²) >= 11 is 1.53. The van der Waals surface area contributed by atoms with Gasteiger partial charge in [0.1, 0.15) is 0 Å². The van der Waals surface area contributed by atoms with Gasteiger partial charge in [0.2, 0.25) is 11.7 Å². The van der Waals surface area contributed by atoms with Crippen LogP contribution in [0.25, 0.3) is 11.5 Å². The van der Waals surface area contributed by atoms with E-state index in [1.807, 2.05) is 16.8 Å². The van der Waals surface area contributed by atoms with E-state index in [9.17, 15) is 9.59 Å². The van der Waals surface area contributed by atoms with Gasteiger partial charge in [-0.2, -0.15) is 16.3 Å². The van der Waals surface area contributed by atoms with Crippen LogP contribution in [0.1, 0.15) is 35.4 Å². The molecule has 0 atom stereocenters. The van der Waals surface area contributed by atoms with Gasteiger partial charge in [-0.15, -0.1) is 0 Å². The van der Waals surface area contributed by atoms with Crippen molar-refractivity contribution in [3.63, 3.8) is 0 Å². The number of esters is 1. The van der Waals surface area contributed by atoms with E-state index >= 15 is 0 Å². The molecule has 3 heterocycles. The molecule has 2 aromatic heterocycles. The van der Waals surface area contributed by atoms with Crippen LogP contribution in [0.2, 0.25) is 0 Å². The van der Waals surface area contributed by atoms with Crippen molar-refractivity contribution >= 4 is 28.9 Å². The van der Waals surface area contributed by atoms with Crippen molar-refractivity contribution in [2.75, 3.05) is 11.4 Å². The van der Waals surface area contributed by atoms with Gasteiger partial charge >= 0.3 is 5.97 Å². The van der Waals surface area contributed by atoms with Crippen LogP contribution in [-0.2, 0) is 16.1 Å². The van der Waals surface area contributed by atoms with Crippen LogP contribution in [0.5, 0.6) is 0 Å². The third-order valence-corrected chi connectivity index (χ3v) is 4.99. The van der Waals surface area contributed by atoms with Crippen LogP contribution >= 0.6 is 11.3 Å². The second-order valence-corrected chi connectivity index (χ2v) is 6.93. The molecule has 0 aliphatic carbocycles. The molecule has 0 radical (unpaired) electrons. The molecule has 4 rings (SSSR count). The molecule has 1 saturated heterocycles. The van der Waals surface area contributed by atoms with Crippen LogP contribution < -0.4 is 4.90 Å². The number of piperidine rings is 1. The molecule has 0 saturated carbocycles. The highest BCUT2D eigenvalue weighted by Gasteiger charge is 2.20. The SMILES string of the molecule is O=C(OCc1noc(-c2ccsc2)n1)c1ccc(N2CCCCC2=O)cc1. The van der Waals surface area contributed by atoms with Crippen LogP contribution in [0, 0.1) is 0 Å². The largest absolute Gasteiger partial charge is 0.454 e. The Balaban J connectivity index is 1.36. The molecule has 1 aliphatic rings. The lowest BCUT2D eigenvalue weighted by molar-refractivity contribution is -0.119. The number of anilines is 1. The molecule has 27 heavy (non-hydrogen) atoms. The average molecular weight is 383 g/mol. The van der Waals surface area contributed by atoms with Crippen molar-refractivity contribution < 1.29 is 18.8 Å². The predicted molar refractivity (Wildman–Crippen MR) is 99.4 cm³/mol. The summed E-state index contributed by atoms with van der Waals surface area (Å²) in [6, 6.07) is 8.73. The van der Waals surface area contributed by atoms with E-state index < -0.39 is 5.97 Å². The van der Waals surface area contributed by atoms with Gasteiger partial charge in [0, 0.05) is 24.0 Å². The number of thiophene rings is 1. The van der Waals surface area contributed by atoms with Gasteiger partial charge in [-0.1, -0.05) is 5.16 Å². The number of rotatable bonds is 5. The number of hydrogen-bond acceptors (Lipinski definition) is 7. The maximum absolute atomic E-state index is 12.2. The summed E-state index contributed by atoms with van der Waals surface area (Å²) in [4.78, 5) is 30.2. The molecule has 1 aliphatic heterocycles. The third kappa shape index (κ3) is 3.90. The smallest absolute Gasteiger partial charge is 0.338 e. The third-order valence-electron chi connectivity index (χ3n) is 4.31. The van der Waals surface area contributed by atoms with Gasteiger partial charge < -0.3 is 14.2 Å². The van der Waals surface area contributed by atoms with E-state index in [0.717, 1.165) is 24.1 Å². The second kappa shape index (κ2) is 7.71. The second-order valence-electron chi connectivity index (χ2n) is 6.15. The van der Waals surface area contributed by atoms with Gasteiger partial charge in [0.15, 0.2) is 6.61 Å². The minimum Gasteiger partial charge on any atom is -0.454 e. The van der Waals surface area contributed by atoms with Crippen molar-refractivity contribution in [1.82, 2.24) is 10.1 Å². The number of carbonyl (C=O) groups excluding carboxylic acids is 2. The van der Waals surface area contributed by atoms with E-state index in [4.69, 9.17) is 9.26 Å². The Bertz CT molecular complexity index is 934. The normalized spacial score (nSPS) is 14.4. The summed E-state index contributed by atoms with van der Waals surface area (Å²) in [5, 5.41) is 7.64. The van der Waals surface area contributed by atoms with Crippen LogP contribution in [0.3, 0.4) is 0 Å². The highest BCUT2D eigenvalue weighted by Crippen LogP contribution is 2.22.